The molecule has 2 atom stereocenters. The molecule has 13 nitrogen and oxygen atoms in total. The van der Waals surface area contributed by atoms with Crippen LogP contribution in [0, 0.1) is 11.8 Å². The van der Waals surface area contributed by atoms with Crippen molar-refractivity contribution in [2.24, 2.45) is 11.8 Å². The van der Waals surface area contributed by atoms with E-state index in [-0.39, 0.29) is 36.0 Å². The third kappa shape index (κ3) is 8.96. The maximum atomic E-state index is 15.7. The van der Waals surface area contributed by atoms with Crippen molar-refractivity contribution >= 4 is 74.8 Å². The molecule has 8 rings (SSSR count). The second-order valence-electron chi connectivity index (χ2n) is 16.2. The van der Waals surface area contributed by atoms with Gasteiger partial charge in [-0.1, -0.05) is 50.7 Å². The van der Waals surface area contributed by atoms with E-state index in [2.05, 4.69) is 0 Å². The Morgan fingerprint density at radius 2 is 1.23 bits per heavy atom. The Morgan fingerprint density at radius 3 is 1.75 bits per heavy atom. The van der Waals surface area contributed by atoms with Crippen molar-refractivity contribution in [2.75, 3.05) is 0 Å². The number of rotatable bonds is 17. The zero-order valence-electron chi connectivity index (χ0n) is 33.5. The van der Waals surface area contributed by atoms with Gasteiger partial charge in [-0.25, -0.2) is 21.6 Å². The molecule has 2 saturated carbocycles. The highest BCUT2D eigenvalue weighted by Crippen LogP contribution is 2.44. The molecule has 2 N–H and O–H groups in total. The van der Waals surface area contributed by atoms with Gasteiger partial charge in [0.15, 0.2) is 0 Å². The van der Waals surface area contributed by atoms with Crippen LogP contribution in [0.25, 0.3) is 20.2 Å². The summed E-state index contributed by atoms with van der Waals surface area (Å²) in [6.07, 6.45) is 7.88. The number of thiophene rings is 2. The van der Waals surface area contributed by atoms with E-state index >= 15 is 13.2 Å². The third-order valence-corrected chi connectivity index (χ3v) is 17.6. The number of fused-ring (bicyclic) bond motifs is 2. The number of amides is 1. The largest absolute Gasteiger partial charge is 0.478 e. The first kappa shape index (κ1) is 43.3. The van der Waals surface area contributed by atoms with Crippen LogP contribution >= 0.6 is 22.7 Å². The van der Waals surface area contributed by atoms with Crippen LogP contribution in [0.3, 0.4) is 0 Å². The zero-order chi connectivity index (χ0) is 42.8. The van der Waals surface area contributed by atoms with Crippen LogP contribution in [0.1, 0.15) is 86.9 Å². The molecule has 0 saturated heterocycles. The minimum Gasteiger partial charge on any atom is -0.478 e. The topological polar surface area (TPSA) is 179 Å². The molecule has 4 heterocycles. The summed E-state index contributed by atoms with van der Waals surface area (Å²) < 4.78 is 75.2. The number of carboxylic acids is 1. The van der Waals surface area contributed by atoms with Gasteiger partial charge in [0.2, 0.25) is 25.7 Å². The summed E-state index contributed by atoms with van der Waals surface area (Å²) in [5.41, 5.74) is -2.05. The molecule has 2 aliphatic rings. The smallest absolute Gasteiger partial charge is 0.348 e. The second kappa shape index (κ2) is 18.2. The van der Waals surface area contributed by atoms with Gasteiger partial charge >= 0.3 is 5.97 Å². The Kier molecular flexibility index (Phi) is 12.9. The SMILES string of the molecule is O=C([C@@H](C1CCCCC1)N(Cc1ccco1)S(=O)(=O)Cc1ccc2sccc2c1)N(O)[C@](C(=O)O)(C1CCCCC1)N(Cc1ccco1)S(=O)(=O)Cc1ccc2sccc2c1. The molecule has 324 valence electrons. The van der Waals surface area contributed by atoms with Crippen LogP contribution in [-0.2, 0) is 54.2 Å². The summed E-state index contributed by atoms with van der Waals surface area (Å²) in [7, 11) is -9.17. The second-order valence-corrected chi connectivity index (χ2v) is 21.9. The predicted octanol–water partition coefficient (Wildman–Crippen LogP) is 9.19. The van der Waals surface area contributed by atoms with Crippen LogP contribution in [-0.4, -0.2) is 64.4 Å². The van der Waals surface area contributed by atoms with Crippen molar-refractivity contribution in [1.29, 1.82) is 0 Å². The van der Waals surface area contributed by atoms with Gasteiger partial charge in [-0.3, -0.25) is 10.0 Å². The quantitative estimate of drug-likeness (QED) is 0.0509. The summed E-state index contributed by atoms with van der Waals surface area (Å²) in [4.78, 5) is 30.1. The average Bonchev–Trinajstić information content (AvgIpc) is 4.10. The molecule has 1 amide bonds. The van der Waals surface area contributed by atoms with Gasteiger partial charge in [-0.15, -0.1) is 22.7 Å². The highest BCUT2D eigenvalue weighted by Gasteiger charge is 2.62. The van der Waals surface area contributed by atoms with Gasteiger partial charge in [-0.2, -0.15) is 13.7 Å². The fraction of sp³-hybridized carbons (Fsp3) is 0.409. The molecule has 61 heavy (non-hydrogen) atoms. The highest BCUT2D eigenvalue weighted by atomic mass is 32.2. The van der Waals surface area contributed by atoms with Crippen molar-refractivity contribution in [3.63, 3.8) is 0 Å². The lowest BCUT2D eigenvalue weighted by Crippen LogP contribution is -2.73. The molecular weight excluding hydrogens is 859 g/mol. The molecule has 2 fully saturated rings. The minimum absolute atomic E-state index is 0.0786. The minimum atomic E-state index is -4.73. The van der Waals surface area contributed by atoms with Gasteiger partial charge in [0.05, 0.1) is 37.1 Å². The number of hydroxylamine groups is 2. The summed E-state index contributed by atoms with van der Waals surface area (Å²) in [5, 5.41) is 30.1. The predicted molar refractivity (Wildman–Crippen MR) is 233 cm³/mol. The Bertz CT molecular complexity index is 2660. The number of carbonyl (C=O) groups excluding carboxylic acids is 1. The van der Waals surface area contributed by atoms with Crippen molar-refractivity contribution in [2.45, 2.75) is 101 Å². The maximum Gasteiger partial charge on any atom is 0.348 e. The standard InChI is InChI=1S/C44H49N3O10S4/c48-42(41(33-9-3-1-4-10-33)45(27-37-13-7-21-56-37)60(52,53)29-31-15-17-39-34(25-31)19-23-58-39)47(51)44(43(49)50,36-11-5-2-6-12-36)46(28-38-14-8-22-57-38)61(54,55)30-32-16-18-40-35(26-32)20-24-59-40/h7-8,13-26,33,36,41,51H,1-6,9-12,27-30H2,(H,49,50)/t41-,44+/m1/s1. The molecule has 2 aromatic carbocycles. The molecule has 0 spiro atoms. The Morgan fingerprint density at radius 1 is 0.705 bits per heavy atom. The van der Waals surface area contributed by atoms with Crippen molar-refractivity contribution in [3.05, 3.63) is 119 Å². The number of aliphatic carboxylic acids is 1. The Balaban J connectivity index is 1.27. The van der Waals surface area contributed by atoms with Crippen LogP contribution < -0.4 is 0 Å². The Labute approximate surface area is 363 Å². The molecular formula is C44H49N3O10S4. The number of nitrogens with zero attached hydrogens (tertiary/aromatic N) is 3. The highest BCUT2D eigenvalue weighted by molar-refractivity contribution is 7.88. The monoisotopic (exact) mass is 907 g/mol. The first-order chi connectivity index (χ1) is 29.4. The number of sulfonamides is 2. The summed E-state index contributed by atoms with van der Waals surface area (Å²) in [5.74, 6) is -5.54. The lowest BCUT2D eigenvalue weighted by molar-refractivity contribution is -0.243. The molecule has 0 bridgehead atoms. The fourth-order valence-electron chi connectivity index (χ4n) is 9.36. The molecule has 0 unspecified atom stereocenters. The molecule has 0 aliphatic heterocycles. The number of hydrogen-bond acceptors (Lipinski definition) is 11. The maximum absolute atomic E-state index is 15.7. The fourth-order valence-corrected chi connectivity index (χ4v) is 14.4. The summed E-state index contributed by atoms with van der Waals surface area (Å²) in [6.45, 7) is -1.02. The van der Waals surface area contributed by atoms with Gasteiger partial charge in [0, 0.05) is 15.3 Å². The van der Waals surface area contributed by atoms with E-state index in [0.29, 0.717) is 54.0 Å². The lowest BCUT2D eigenvalue weighted by atomic mass is 9.78. The Hall–Kier alpha value is -4.36. The van der Waals surface area contributed by atoms with Crippen molar-refractivity contribution in [1.82, 2.24) is 13.7 Å². The molecule has 6 aromatic rings. The van der Waals surface area contributed by atoms with E-state index in [9.17, 15) is 23.5 Å². The number of carbonyl (C=O) groups is 2. The lowest BCUT2D eigenvalue weighted by Gasteiger charge is -2.50. The van der Waals surface area contributed by atoms with E-state index < -0.39 is 73.5 Å². The van der Waals surface area contributed by atoms with Crippen molar-refractivity contribution in [3.8, 4) is 0 Å². The number of hydrogen-bond donors (Lipinski definition) is 2. The van der Waals surface area contributed by atoms with Crippen LogP contribution in [0.2, 0.25) is 0 Å². The summed E-state index contributed by atoms with van der Waals surface area (Å²) in [6, 6.07) is 18.9. The van der Waals surface area contributed by atoms with Crippen LogP contribution in [0.4, 0.5) is 0 Å². The first-order valence-electron chi connectivity index (χ1n) is 20.6. The third-order valence-electron chi connectivity index (χ3n) is 12.3. The molecule has 2 aliphatic carbocycles. The number of carboxylic acid groups (broad SMARTS) is 1. The number of furan rings is 2. The van der Waals surface area contributed by atoms with Crippen molar-refractivity contribution < 1.29 is 45.6 Å². The van der Waals surface area contributed by atoms with Gasteiger partial charge < -0.3 is 13.9 Å². The van der Waals surface area contributed by atoms with E-state index in [1.807, 2.05) is 29.0 Å². The van der Waals surface area contributed by atoms with Gasteiger partial charge in [-0.05, 0) is 125 Å². The van der Waals surface area contributed by atoms with Gasteiger partial charge in [0.25, 0.3) is 5.91 Å². The van der Waals surface area contributed by atoms with Crippen LogP contribution in [0.5, 0.6) is 0 Å². The van der Waals surface area contributed by atoms with Crippen LogP contribution in [0.15, 0.2) is 105 Å². The zero-order valence-corrected chi connectivity index (χ0v) is 36.8. The van der Waals surface area contributed by atoms with E-state index in [1.165, 1.54) is 41.3 Å². The molecule has 4 aromatic heterocycles. The molecule has 17 heteroatoms. The van der Waals surface area contributed by atoms with E-state index in [4.69, 9.17) is 8.83 Å². The molecule has 0 radical (unpaired) electrons. The normalized spacial score (nSPS) is 17.6. The summed E-state index contributed by atoms with van der Waals surface area (Å²) >= 11 is 3.02. The van der Waals surface area contributed by atoms with E-state index in [0.717, 1.165) is 37.3 Å². The van der Waals surface area contributed by atoms with Gasteiger partial charge in [0.1, 0.15) is 17.6 Å². The average molecular weight is 908 g/mol. The first-order valence-corrected chi connectivity index (χ1v) is 25.6. The van der Waals surface area contributed by atoms with E-state index in [1.54, 1.807) is 48.5 Å². The number of benzene rings is 2.